The summed E-state index contributed by atoms with van der Waals surface area (Å²) < 4.78 is 92.2. The fourth-order valence-corrected chi connectivity index (χ4v) is 3.60. The average Bonchev–Trinajstić information content (AvgIpc) is 3.29. The zero-order chi connectivity index (χ0) is 23.5. The molecule has 0 saturated carbocycles. The summed E-state index contributed by atoms with van der Waals surface area (Å²) in [6, 6.07) is 11.2. The molecule has 11 heteroatoms. The quantitative estimate of drug-likeness (QED) is 0.208. The van der Waals surface area contributed by atoms with E-state index in [0.29, 0.717) is 33.3 Å². The number of rotatable bonds is 6. The Morgan fingerprint density at radius 2 is 0.909 bits per heavy atom. The second-order valence-electron chi connectivity index (χ2n) is 6.44. The first-order valence-electron chi connectivity index (χ1n) is 9.07. The minimum absolute atomic E-state index is 0.102. The molecular weight excluding hydrogens is 470 g/mol. The molecule has 0 aliphatic heterocycles. The standard InChI is InChI=1S/C22H10F6N2O2S/c23-19(24)21(27)31-13-5-1-11(2-6-13)15-9-10-16(18-17(15)29-33-30-18)12-3-7-14(8-4-12)32-22(28)20(25)26/h1-10H. The molecule has 0 bridgehead atoms. The predicted molar refractivity (Wildman–Crippen MR) is 110 cm³/mol. The molecular formula is C22H10F6N2O2S. The number of halogens is 6. The monoisotopic (exact) mass is 480 g/mol. The molecule has 4 nitrogen and oxygen atoms in total. The highest BCUT2D eigenvalue weighted by Crippen LogP contribution is 2.36. The van der Waals surface area contributed by atoms with Crippen LogP contribution in [-0.2, 0) is 0 Å². The minimum Gasteiger partial charge on any atom is -0.428 e. The number of fused-ring (bicyclic) bond motifs is 1. The van der Waals surface area contributed by atoms with Crippen molar-refractivity contribution in [3.05, 3.63) is 84.9 Å². The lowest BCUT2D eigenvalue weighted by Gasteiger charge is -2.09. The first-order chi connectivity index (χ1) is 15.8. The first-order valence-corrected chi connectivity index (χ1v) is 9.80. The van der Waals surface area contributed by atoms with E-state index in [1.54, 1.807) is 36.4 Å². The van der Waals surface area contributed by atoms with Gasteiger partial charge in [-0.15, -0.1) is 0 Å². The van der Waals surface area contributed by atoms with Crippen LogP contribution in [-0.4, -0.2) is 8.75 Å². The number of nitrogens with zero attached hydrogens (tertiary/aromatic N) is 2. The third-order valence-electron chi connectivity index (χ3n) is 4.46. The van der Waals surface area contributed by atoms with E-state index in [2.05, 4.69) is 18.2 Å². The van der Waals surface area contributed by atoms with Crippen molar-refractivity contribution in [2.75, 3.05) is 0 Å². The molecule has 0 aliphatic carbocycles. The van der Waals surface area contributed by atoms with Crippen molar-refractivity contribution in [3.63, 3.8) is 0 Å². The normalized spacial score (nSPS) is 10.7. The van der Waals surface area contributed by atoms with E-state index >= 15 is 0 Å². The molecule has 0 N–H and O–H groups in total. The Hall–Kier alpha value is -3.86. The Morgan fingerprint density at radius 1 is 0.545 bits per heavy atom. The molecule has 0 radical (unpaired) electrons. The predicted octanol–water partition coefficient (Wildman–Crippen LogP) is 7.85. The van der Waals surface area contributed by atoms with Crippen molar-refractivity contribution in [2.45, 2.75) is 0 Å². The molecule has 0 unspecified atom stereocenters. The van der Waals surface area contributed by atoms with E-state index in [4.69, 9.17) is 0 Å². The lowest BCUT2D eigenvalue weighted by atomic mass is 9.98. The van der Waals surface area contributed by atoms with Crippen LogP contribution in [0.4, 0.5) is 26.3 Å². The van der Waals surface area contributed by atoms with Gasteiger partial charge in [-0.25, -0.2) is 0 Å². The first kappa shape index (κ1) is 22.3. The van der Waals surface area contributed by atoms with Crippen LogP contribution >= 0.6 is 11.7 Å². The third kappa shape index (κ3) is 4.82. The fraction of sp³-hybridized carbons (Fsp3) is 0. The molecule has 0 amide bonds. The molecule has 1 heterocycles. The van der Waals surface area contributed by atoms with Crippen molar-refractivity contribution in [2.24, 2.45) is 0 Å². The molecule has 4 aromatic rings. The maximum absolute atomic E-state index is 13.0. The summed E-state index contributed by atoms with van der Waals surface area (Å²) in [7, 11) is 0. The molecule has 168 valence electrons. The molecule has 0 spiro atoms. The van der Waals surface area contributed by atoms with Gasteiger partial charge in [0, 0.05) is 11.1 Å². The number of aromatic nitrogens is 2. The van der Waals surface area contributed by atoms with Gasteiger partial charge in [-0.3, -0.25) is 0 Å². The molecule has 0 atom stereocenters. The van der Waals surface area contributed by atoms with Crippen molar-refractivity contribution in [1.82, 2.24) is 8.75 Å². The minimum atomic E-state index is -2.55. The summed E-state index contributed by atoms with van der Waals surface area (Å²) in [6.45, 7) is 0. The van der Waals surface area contributed by atoms with Gasteiger partial charge in [-0.1, -0.05) is 36.4 Å². The summed E-state index contributed by atoms with van der Waals surface area (Å²) in [5.74, 6) is -0.205. The van der Waals surface area contributed by atoms with Crippen LogP contribution in [0.1, 0.15) is 0 Å². The van der Waals surface area contributed by atoms with Crippen molar-refractivity contribution >= 4 is 22.8 Å². The average molecular weight is 480 g/mol. The zero-order valence-electron chi connectivity index (χ0n) is 16.2. The Kier molecular flexibility index (Phi) is 6.31. The van der Waals surface area contributed by atoms with Gasteiger partial charge in [0.25, 0.3) is 0 Å². The third-order valence-corrected chi connectivity index (χ3v) is 4.99. The SMILES string of the molecule is FC(F)=C(F)Oc1ccc(-c2ccc(-c3ccc(OC(F)=C(F)F)cc3)c3nsnc23)cc1. The summed E-state index contributed by atoms with van der Waals surface area (Å²) in [5.41, 5.74) is 3.81. The van der Waals surface area contributed by atoms with E-state index in [0.717, 1.165) is 11.7 Å². The second-order valence-corrected chi connectivity index (χ2v) is 6.97. The fourth-order valence-electron chi connectivity index (χ4n) is 3.02. The number of hydrogen-bond acceptors (Lipinski definition) is 5. The van der Waals surface area contributed by atoms with Crippen molar-refractivity contribution < 1.29 is 35.8 Å². The van der Waals surface area contributed by atoms with Crippen LogP contribution in [0.15, 0.2) is 84.9 Å². The van der Waals surface area contributed by atoms with Crippen LogP contribution in [0.5, 0.6) is 11.5 Å². The summed E-state index contributed by atoms with van der Waals surface area (Å²) in [6.07, 6.45) is -5.11. The second kappa shape index (κ2) is 9.33. The van der Waals surface area contributed by atoms with Gasteiger partial charge in [0.05, 0.1) is 11.7 Å². The van der Waals surface area contributed by atoms with E-state index in [1.807, 2.05) is 0 Å². The van der Waals surface area contributed by atoms with E-state index in [-0.39, 0.29) is 11.5 Å². The zero-order valence-corrected chi connectivity index (χ0v) is 17.0. The molecule has 0 saturated heterocycles. The Balaban J connectivity index is 1.64. The van der Waals surface area contributed by atoms with E-state index < -0.39 is 24.2 Å². The Labute approximate surface area is 186 Å². The van der Waals surface area contributed by atoms with Gasteiger partial charge in [0.15, 0.2) is 0 Å². The molecule has 0 aliphatic rings. The maximum atomic E-state index is 13.0. The number of ether oxygens (including phenoxy) is 2. The summed E-state index contributed by atoms with van der Waals surface area (Å²) in [4.78, 5) is 0. The van der Waals surface area contributed by atoms with Crippen LogP contribution in [0.3, 0.4) is 0 Å². The molecule has 4 rings (SSSR count). The van der Waals surface area contributed by atoms with Crippen LogP contribution in [0.25, 0.3) is 33.3 Å². The highest BCUT2D eigenvalue weighted by Gasteiger charge is 2.15. The topological polar surface area (TPSA) is 44.2 Å². The Bertz CT molecular complexity index is 1260. The van der Waals surface area contributed by atoms with Gasteiger partial charge < -0.3 is 9.47 Å². The molecule has 0 fully saturated rings. The van der Waals surface area contributed by atoms with Gasteiger partial charge in [-0.05, 0) is 35.4 Å². The van der Waals surface area contributed by atoms with Crippen LogP contribution < -0.4 is 9.47 Å². The van der Waals surface area contributed by atoms with Crippen molar-refractivity contribution in [1.29, 1.82) is 0 Å². The number of hydrogen-bond donors (Lipinski definition) is 0. The number of benzene rings is 3. The van der Waals surface area contributed by atoms with Gasteiger partial charge in [-0.2, -0.15) is 35.1 Å². The largest absolute Gasteiger partial charge is 0.428 e. The lowest BCUT2D eigenvalue weighted by Crippen LogP contribution is -1.91. The molecule has 1 aromatic heterocycles. The lowest BCUT2D eigenvalue weighted by molar-refractivity contribution is 0.241. The van der Waals surface area contributed by atoms with Gasteiger partial charge in [0.2, 0.25) is 0 Å². The highest BCUT2D eigenvalue weighted by atomic mass is 32.1. The van der Waals surface area contributed by atoms with E-state index in [9.17, 15) is 26.3 Å². The van der Waals surface area contributed by atoms with Crippen LogP contribution in [0, 0.1) is 0 Å². The maximum Gasteiger partial charge on any atom is 0.344 e. The van der Waals surface area contributed by atoms with Crippen LogP contribution in [0.2, 0.25) is 0 Å². The molecule has 3 aromatic carbocycles. The summed E-state index contributed by atoms with van der Waals surface area (Å²) >= 11 is 0.973. The smallest absolute Gasteiger partial charge is 0.344 e. The molecule has 33 heavy (non-hydrogen) atoms. The van der Waals surface area contributed by atoms with Gasteiger partial charge in [0.1, 0.15) is 22.5 Å². The van der Waals surface area contributed by atoms with E-state index in [1.165, 1.54) is 24.3 Å². The van der Waals surface area contributed by atoms with Gasteiger partial charge >= 0.3 is 24.2 Å². The van der Waals surface area contributed by atoms with Crippen molar-refractivity contribution in [3.8, 4) is 33.8 Å². The Morgan fingerprint density at radius 3 is 1.24 bits per heavy atom. The highest BCUT2D eigenvalue weighted by molar-refractivity contribution is 7.00. The summed E-state index contributed by atoms with van der Waals surface area (Å²) in [5, 5.41) is 0.